The highest BCUT2D eigenvalue weighted by Crippen LogP contribution is 2.20. The third kappa shape index (κ3) is 6.58. The van der Waals surface area contributed by atoms with E-state index in [1.54, 1.807) is 6.92 Å². The summed E-state index contributed by atoms with van der Waals surface area (Å²) in [6.45, 7) is 3.27. The first-order chi connectivity index (χ1) is 14.7. The van der Waals surface area contributed by atoms with Crippen molar-refractivity contribution in [2.75, 3.05) is 18.5 Å². The zero-order valence-corrected chi connectivity index (χ0v) is 17.3. The van der Waals surface area contributed by atoms with E-state index in [4.69, 9.17) is 19.5 Å². The predicted octanol–water partition coefficient (Wildman–Crippen LogP) is 4.24. The van der Waals surface area contributed by atoms with Crippen molar-refractivity contribution in [1.29, 1.82) is 5.26 Å². The number of ether oxygens (including phenoxy) is 3. The molecule has 1 amide bonds. The smallest absolute Gasteiger partial charge is 0.253 e. The van der Waals surface area contributed by atoms with Crippen molar-refractivity contribution in [1.82, 2.24) is 0 Å². The van der Waals surface area contributed by atoms with Crippen LogP contribution in [0.5, 0.6) is 5.75 Å². The Kier molecular flexibility index (Phi) is 8.25. The van der Waals surface area contributed by atoms with Crippen molar-refractivity contribution in [2.24, 2.45) is 0 Å². The van der Waals surface area contributed by atoms with Crippen LogP contribution in [0.25, 0.3) is 0 Å². The largest absolute Gasteiger partial charge is 0.489 e. The van der Waals surface area contributed by atoms with E-state index in [2.05, 4.69) is 11.4 Å². The van der Waals surface area contributed by atoms with Gasteiger partial charge in [0.2, 0.25) is 0 Å². The zero-order valence-electron chi connectivity index (χ0n) is 17.3. The molecule has 1 aliphatic heterocycles. The van der Waals surface area contributed by atoms with E-state index in [0.717, 1.165) is 37.0 Å². The van der Waals surface area contributed by atoms with E-state index in [-0.39, 0.29) is 12.0 Å². The molecule has 1 saturated heterocycles. The molecule has 1 fully saturated rings. The van der Waals surface area contributed by atoms with Crippen LogP contribution in [-0.2, 0) is 27.3 Å². The van der Waals surface area contributed by atoms with E-state index in [1.807, 2.05) is 48.5 Å². The quantitative estimate of drug-likeness (QED) is 0.671. The Hall–Kier alpha value is -2.88. The summed E-state index contributed by atoms with van der Waals surface area (Å²) in [7, 11) is 0. The van der Waals surface area contributed by atoms with Crippen molar-refractivity contribution >= 4 is 11.6 Å². The lowest BCUT2D eigenvalue weighted by atomic mass is 10.1. The first kappa shape index (κ1) is 21.8. The first-order valence-corrected chi connectivity index (χ1v) is 10.4. The van der Waals surface area contributed by atoms with Crippen LogP contribution in [0.3, 0.4) is 0 Å². The third-order valence-corrected chi connectivity index (χ3v) is 5.05. The number of nitrogens with zero attached hydrogens (tertiary/aromatic N) is 1. The minimum absolute atomic E-state index is 0.0780. The van der Waals surface area contributed by atoms with E-state index < -0.39 is 6.10 Å². The van der Waals surface area contributed by atoms with E-state index >= 15 is 0 Å². The number of nitriles is 1. The van der Waals surface area contributed by atoms with Gasteiger partial charge in [-0.15, -0.1) is 0 Å². The maximum Gasteiger partial charge on any atom is 0.253 e. The molecule has 1 aliphatic rings. The van der Waals surface area contributed by atoms with E-state index in [0.29, 0.717) is 31.1 Å². The average Bonchev–Trinajstić information content (AvgIpc) is 2.78. The molecule has 0 aliphatic carbocycles. The summed E-state index contributed by atoms with van der Waals surface area (Å²) in [5.74, 6) is 0.515. The highest BCUT2D eigenvalue weighted by Gasteiger charge is 2.19. The molecule has 6 heteroatoms. The van der Waals surface area contributed by atoms with Gasteiger partial charge in [-0.1, -0.05) is 30.3 Å². The molecule has 1 N–H and O–H groups in total. The van der Waals surface area contributed by atoms with Gasteiger partial charge in [-0.25, -0.2) is 0 Å². The molecule has 30 heavy (non-hydrogen) atoms. The van der Waals surface area contributed by atoms with Gasteiger partial charge < -0.3 is 19.5 Å². The number of hydrogen-bond acceptors (Lipinski definition) is 5. The maximum atomic E-state index is 12.6. The summed E-state index contributed by atoms with van der Waals surface area (Å²) >= 11 is 0. The molecule has 0 aromatic heterocycles. The Labute approximate surface area is 177 Å². The van der Waals surface area contributed by atoms with Gasteiger partial charge in [0.1, 0.15) is 18.5 Å². The Morgan fingerprint density at radius 3 is 2.77 bits per heavy atom. The van der Waals surface area contributed by atoms with Gasteiger partial charge in [0, 0.05) is 17.9 Å². The molecule has 6 nitrogen and oxygen atoms in total. The normalized spacial score (nSPS) is 17.0. The van der Waals surface area contributed by atoms with Gasteiger partial charge in [0.05, 0.1) is 25.2 Å². The number of benzene rings is 2. The Morgan fingerprint density at radius 2 is 2.03 bits per heavy atom. The molecule has 158 valence electrons. The van der Waals surface area contributed by atoms with Crippen LogP contribution in [0.2, 0.25) is 0 Å². The SMILES string of the molecule is CC(OCC1CCCCO1)C(=O)Nc1ccccc1COc1ccc(CC#N)cc1. The van der Waals surface area contributed by atoms with Crippen molar-refractivity contribution < 1.29 is 19.0 Å². The molecule has 3 rings (SSSR count). The molecule has 2 aromatic rings. The second kappa shape index (κ2) is 11.3. The molecular formula is C24H28N2O4. The van der Waals surface area contributed by atoms with Crippen LogP contribution in [-0.4, -0.2) is 31.3 Å². The number of hydrogen-bond donors (Lipinski definition) is 1. The average molecular weight is 408 g/mol. The van der Waals surface area contributed by atoms with Crippen LogP contribution in [0.4, 0.5) is 5.69 Å². The van der Waals surface area contributed by atoms with Gasteiger partial charge >= 0.3 is 0 Å². The number of rotatable bonds is 9. The maximum absolute atomic E-state index is 12.6. The summed E-state index contributed by atoms with van der Waals surface area (Å²) in [6, 6.07) is 17.1. The number of carbonyl (C=O) groups excluding carboxylic acids is 1. The molecule has 2 unspecified atom stereocenters. The molecule has 2 atom stereocenters. The van der Waals surface area contributed by atoms with Gasteiger partial charge in [-0.05, 0) is 49.9 Å². The molecule has 0 spiro atoms. The second-order valence-electron chi connectivity index (χ2n) is 7.38. The number of para-hydroxylation sites is 1. The fourth-order valence-electron chi connectivity index (χ4n) is 3.22. The van der Waals surface area contributed by atoms with Crippen molar-refractivity contribution in [3.63, 3.8) is 0 Å². The topological polar surface area (TPSA) is 80.6 Å². The minimum atomic E-state index is -0.572. The number of amides is 1. The van der Waals surface area contributed by atoms with E-state index in [1.165, 1.54) is 0 Å². The molecule has 2 aromatic carbocycles. The predicted molar refractivity (Wildman–Crippen MR) is 114 cm³/mol. The van der Waals surface area contributed by atoms with Gasteiger partial charge in [-0.2, -0.15) is 5.26 Å². The highest BCUT2D eigenvalue weighted by molar-refractivity contribution is 5.94. The van der Waals surface area contributed by atoms with Crippen LogP contribution >= 0.6 is 0 Å². The Balaban J connectivity index is 1.52. The van der Waals surface area contributed by atoms with Crippen LogP contribution < -0.4 is 10.1 Å². The second-order valence-corrected chi connectivity index (χ2v) is 7.38. The van der Waals surface area contributed by atoms with Gasteiger partial charge in [0.25, 0.3) is 5.91 Å². The molecule has 0 saturated carbocycles. The van der Waals surface area contributed by atoms with Crippen LogP contribution in [0.15, 0.2) is 48.5 Å². The Morgan fingerprint density at radius 1 is 1.23 bits per heavy atom. The van der Waals surface area contributed by atoms with Gasteiger partial charge in [-0.3, -0.25) is 4.79 Å². The van der Waals surface area contributed by atoms with Gasteiger partial charge in [0.15, 0.2) is 0 Å². The third-order valence-electron chi connectivity index (χ3n) is 5.05. The molecule has 0 bridgehead atoms. The summed E-state index contributed by atoms with van der Waals surface area (Å²) in [6.07, 6.45) is 3.10. The van der Waals surface area contributed by atoms with Crippen molar-refractivity contribution in [2.45, 2.75) is 51.4 Å². The van der Waals surface area contributed by atoms with Crippen LogP contribution in [0.1, 0.15) is 37.3 Å². The Bertz CT molecular complexity index is 854. The van der Waals surface area contributed by atoms with Crippen LogP contribution in [0, 0.1) is 11.3 Å². The number of carbonyl (C=O) groups is 1. The summed E-state index contributed by atoms with van der Waals surface area (Å²) in [4.78, 5) is 12.6. The van der Waals surface area contributed by atoms with Crippen molar-refractivity contribution in [3.05, 3.63) is 59.7 Å². The molecule has 1 heterocycles. The summed E-state index contributed by atoms with van der Waals surface area (Å²) < 4.78 is 17.2. The number of nitrogens with one attached hydrogen (secondary N) is 1. The zero-order chi connectivity index (χ0) is 21.2. The monoisotopic (exact) mass is 408 g/mol. The molecule has 0 radical (unpaired) electrons. The van der Waals surface area contributed by atoms with E-state index in [9.17, 15) is 4.79 Å². The fourth-order valence-corrected chi connectivity index (χ4v) is 3.22. The first-order valence-electron chi connectivity index (χ1n) is 10.4. The standard InChI is InChI=1S/C24H28N2O4/c1-18(29-17-22-7-4-5-15-28-22)24(27)26-23-8-3-2-6-20(23)16-30-21-11-9-19(10-12-21)13-14-25/h2-3,6,8-12,18,22H,4-5,7,13,15-17H2,1H3,(H,26,27). The highest BCUT2D eigenvalue weighted by atomic mass is 16.5. The molecular weight excluding hydrogens is 380 g/mol. The number of anilines is 1. The fraction of sp³-hybridized carbons (Fsp3) is 0.417. The lowest BCUT2D eigenvalue weighted by molar-refractivity contribution is -0.130. The lowest BCUT2D eigenvalue weighted by Gasteiger charge is -2.24. The summed E-state index contributed by atoms with van der Waals surface area (Å²) in [5.41, 5.74) is 2.52. The minimum Gasteiger partial charge on any atom is -0.489 e. The van der Waals surface area contributed by atoms with Crippen molar-refractivity contribution in [3.8, 4) is 11.8 Å². The summed E-state index contributed by atoms with van der Waals surface area (Å²) in [5, 5.41) is 11.7. The lowest BCUT2D eigenvalue weighted by Crippen LogP contribution is -2.32.